The number of anilines is 1. The molecule has 3 N–H and O–H groups in total. The Kier molecular flexibility index (Phi) is 3.09. The fourth-order valence-corrected chi connectivity index (χ4v) is 2.26. The molecular weight excluding hydrogens is 272 g/mol. The monoisotopic (exact) mass is 286 g/mol. The Labute approximate surface area is 120 Å². The number of phenols is 1. The molecular formula is C14H14N4O3. The lowest BCUT2D eigenvalue weighted by Crippen LogP contribution is -2.24. The van der Waals surface area contributed by atoms with E-state index in [1.807, 2.05) is 13.0 Å². The number of hydrogen-bond acceptors (Lipinski definition) is 5. The summed E-state index contributed by atoms with van der Waals surface area (Å²) in [6.45, 7) is 1.93. The van der Waals surface area contributed by atoms with Crippen LogP contribution < -0.4 is 5.32 Å². The van der Waals surface area contributed by atoms with Gasteiger partial charge in [-0.1, -0.05) is 19.1 Å². The van der Waals surface area contributed by atoms with Crippen molar-refractivity contribution in [2.75, 3.05) is 5.32 Å². The average molecular weight is 286 g/mol. The number of benzene rings is 1. The molecule has 0 amide bonds. The lowest BCUT2D eigenvalue weighted by atomic mass is 10.0. The van der Waals surface area contributed by atoms with Crippen molar-refractivity contribution in [3.63, 3.8) is 0 Å². The molecule has 1 aromatic carbocycles. The number of aliphatic carboxylic acids is 1. The van der Waals surface area contributed by atoms with Gasteiger partial charge in [0, 0.05) is 6.42 Å². The quantitative estimate of drug-likeness (QED) is 0.791. The number of hydrogen-bond donors (Lipinski definition) is 3. The van der Waals surface area contributed by atoms with Crippen LogP contribution >= 0.6 is 0 Å². The first kappa shape index (κ1) is 13.2. The molecule has 108 valence electrons. The molecule has 1 aliphatic heterocycles. The third kappa shape index (κ3) is 2.33. The van der Waals surface area contributed by atoms with E-state index >= 15 is 0 Å². The number of carboxylic acid groups (broad SMARTS) is 1. The standard InChI is InChI=1S/C14H14N4O3/c1-2-12-16-14-15-10(13(20)21)7-11(18(14)17-12)8-4-3-5-9(19)6-8/h3-7,11,19H,2H2,1H3,(H,20,21)(H,15,16,17)/t11-/m0/s1. The summed E-state index contributed by atoms with van der Waals surface area (Å²) in [6.07, 6.45) is 2.20. The molecule has 0 saturated carbocycles. The summed E-state index contributed by atoms with van der Waals surface area (Å²) in [7, 11) is 0. The third-order valence-corrected chi connectivity index (χ3v) is 3.27. The highest BCUT2D eigenvalue weighted by Crippen LogP contribution is 2.30. The number of allylic oxidation sites excluding steroid dienone is 1. The van der Waals surface area contributed by atoms with Gasteiger partial charge in [0.1, 0.15) is 17.5 Å². The Morgan fingerprint density at radius 3 is 2.95 bits per heavy atom. The van der Waals surface area contributed by atoms with Gasteiger partial charge in [-0.15, -0.1) is 0 Å². The molecule has 1 aromatic heterocycles. The molecule has 0 aliphatic carbocycles. The van der Waals surface area contributed by atoms with E-state index in [2.05, 4.69) is 15.4 Å². The first-order valence-corrected chi connectivity index (χ1v) is 6.55. The highest BCUT2D eigenvalue weighted by molar-refractivity contribution is 5.90. The van der Waals surface area contributed by atoms with Gasteiger partial charge in [-0.3, -0.25) is 0 Å². The van der Waals surface area contributed by atoms with Crippen molar-refractivity contribution in [1.29, 1.82) is 0 Å². The fraction of sp³-hybridized carbons (Fsp3) is 0.214. The molecule has 0 saturated heterocycles. The highest BCUT2D eigenvalue weighted by Gasteiger charge is 2.26. The van der Waals surface area contributed by atoms with E-state index in [0.717, 1.165) is 5.56 Å². The van der Waals surface area contributed by atoms with Crippen molar-refractivity contribution >= 4 is 11.9 Å². The van der Waals surface area contributed by atoms with E-state index in [0.29, 0.717) is 18.2 Å². The van der Waals surface area contributed by atoms with E-state index in [9.17, 15) is 15.0 Å². The number of nitrogens with one attached hydrogen (secondary N) is 1. The topological polar surface area (TPSA) is 100 Å². The smallest absolute Gasteiger partial charge is 0.352 e. The van der Waals surface area contributed by atoms with Crippen LogP contribution in [0.1, 0.15) is 24.4 Å². The summed E-state index contributed by atoms with van der Waals surface area (Å²) in [4.78, 5) is 15.5. The predicted molar refractivity (Wildman–Crippen MR) is 75.0 cm³/mol. The SMILES string of the molecule is CCc1nc2n(n1)[C@H](c1cccc(O)c1)C=C(C(=O)O)N2. The minimum Gasteiger partial charge on any atom is -0.508 e. The summed E-state index contributed by atoms with van der Waals surface area (Å²) in [5, 5.41) is 26.0. The van der Waals surface area contributed by atoms with Crippen LogP contribution in [0.5, 0.6) is 5.75 Å². The summed E-state index contributed by atoms with van der Waals surface area (Å²) in [6, 6.07) is 6.24. The maximum atomic E-state index is 11.2. The van der Waals surface area contributed by atoms with Gasteiger partial charge in [-0.05, 0) is 23.8 Å². The fourth-order valence-electron chi connectivity index (χ4n) is 2.26. The lowest BCUT2D eigenvalue weighted by molar-refractivity contribution is -0.132. The first-order valence-electron chi connectivity index (χ1n) is 6.55. The zero-order valence-electron chi connectivity index (χ0n) is 11.3. The summed E-state index contributed by atoms with van der Waals surface area (Å²) < 4.78 is 1.63. The zero-order valence-corrected chi connectivity index (χ0v) is 11.3. The lowest BCUT2D eigenvalue weighted by Gasteiger charge is -2.22. The van der Waals surface area contributed by atoms with Crippen molar-refractivity contribution in [3.8, 4) is 5.75 Å². The minimum atomic E-state index is -1.06. The molecule has 0 bridgehead atoms. The molecule has 2 heterocycles. The van der Waals surface area contributed by atoms with Crippen LogP contribution in [-0.4, -0.2) is 30.9 Å². The van der Waals surface area contributed by atoms with Crippen LogP contribution in [0.15, 0.2) is 36.0 Å². The normalized spacial score (nSPS) is 16.8. The molecule has 0 spiro atoms. The maximum absolute atomic E-state index is 11.2. The summed E-state index contributed by atoms with van der Waals surface area (Å²) in [5.74, 6) is 0.0731. The third-order valence-electron chi connectivity index (χ3n) is 3.27. The number of carbonyl (C=O) groups is 1. The molecule has 3 rings (SSSR count). The van der Waals surface area contributed by atoms with Crippen LogP contribution in [0.25, 0.3) is 0 Å². The van der Waals surface area contributed by atoms with Crippen LogP contribution in [0.4, 0.5) is 5.95 Å². The minimum absolute atomic E-state index is 0.0471. The number of rotatable bonds is 3. The second-order valence-corrected chi connectivity index (χ2v) is 4.70. The van der Waals surface area contributed by atoms with Gasteiger partial charge in [0.15, 0.2) is 5.82 Å². The number of aromatic nitrogens is 3. The molecule has 21 heavy (non-hydrogen) atoms. The Morgan fingerprint density at radius 2 is 2.29 bits per heavy atom. The molecule has 0 fully saturated rings. The van der Waals surface area contributed by atoms with Crippen LogP contribution in [0.3, 0.4) is 0 Å². The van der Waals surface area contributed by atoms with E-state index in [-0.39, 0.29) is 11.4 Å². The van der Waals surface area contributed by atoms with E-state index in [1.165, 1.54) is 0 Å². The Bertz CT molecular complexity index is 736. The van der Waals surface area contributed by atoms with Crippen molar-refractivity contribution < 1.29 is 15.0 Å². The highest BCUT2D eigenvalue weighted by atomic mass is 16.4. The number of aromatic hydroxyl groups is 1. The van der Waals surface area contributed by atoms with Gasteiger partial charge >= 0.3 is 5.97 Å². The largest absolute Gasteiger partial charge is 0.508 e. The van der Waals surface area contributed by atoms with Crippen molar-refractivity contribution in [1.82, 2.24) is 14.8 Å². The number of phenolic OH excluding ortho intramolecular Hbond substituents is 1. The van der Waals surface area contributed by atoms with Crippen LogP contribution in [0, 0.1) is 0 Å². The second-order valence-electron chi connectivity index (χ2n) is 4.70. The molecule has 1 atom stereocenters. The summed E-state index contributed by atoms with van der Waals surface area (Å²) >= 11 is 0. The summed E-state index contributed by atoms with van der Waals surface area (Å²) in [5.41, 5.74) is 0.787. The molecule has 7 nitrogen and oxygen atoms in total. The number of nitrogens with zero attached hydrogens (tertiary/aromatic N) is 3. The van der Waals surface area contributed by atoms with Gasteiger partial charge in [0.05, 0.1) is 0 Å². The van der Waals surface area contributed by atoms with E-state index in [4.69, 9.17) is 0 Å². The van der Waals surface area contributed by atoms with Gasteiger partial charge < -0.3 is 15.5 Å². The number of fused-ring (bicyclic) bond motifs is 1. The van der Waals surface area contributed by atoms with Crippen LogP contribution in [-0.2, 0) is 11.2 Å². The van der Waals surface area contributed by atoms with E-state index in [1.54, 1.807) is 29.0 Å². The Hall–Kier alpha value is -2.83. The van der Waals surface area contributed by atoms with Crippen molar-refractivity contribution in [2.45, 2.75) is 19.4 Å². The molecule has 1 aliphatic rings. The van der Waals surface area contributed by atoms with Gasteiger partial charge in [0.25, 0.3) is 0 Å². The molecule has 0 unspecified atom stereocenters. The predicted octanol–water partition coefficient (Wildman–Crippen LogP) is 1.53. The molecule has 2 aromatic rings. The molecule has 0 radical (unpaired) electrons. The first-order chi connectivity index (χ1) is 10.1. The Balaban J connectivity index is 2.12. The number of carboxylic acids is 1. The number of aryl methyl sites for hydroxylation is 1. The van der Waals surface area contributed by atoms with Crippen molar-refractivity contribution in [3.05, 3.63) is 47.4 Å². The zero-order chi connectivity index (χ0) is 15.0. The second kappa shape index (κ2) is 4.93. The van der Waals surface area contributed by atoms with Crippen molar-refractivity contribution in [2.24, 2.45) is 0 Å². The Morgan fingerprint density at radius 1 is 1.48 bits per heavy atom. The van der Waals surface area contributed by atoms with Gasteiger partial charge in [-0.25, -0.2) is 9.48 Å². The van der Waals surface area contributed by atoms with Gasteiger partial charge in [0.2, 0.25) is 5.95 Å². The van der Waals surface area contributed by atoms with Crippen LogP contribution in [0.2, 0.25) is 0 Å². The molecule has 7 heteroatoms. The van der Waals surface area contributed by atoms with E-state index < -0.39 is 12.0 Å². The average Bonchev–Trinajstić information content (AvgIpc) is 2.89. The maximum Gasteiger partial charge on any atom is 0.352 e. The van der Waals surface area contributed by atoms with Gasteiger partial charge in [-0.2, -0.15) is 10.1 Å².